The topological polar surface area (TPSA) is 70.8 Å². The molecule has 0 amide bonds. The number of anilines is 2. The van der Waals surface area contributed by atoms with Crippen LogP contribution in [0, 0.1) is 18.3 Å². The molecule has 0 atom stereocenters. The van der Waals surface area contributed by atoms with Gasteiger partial charge in [0, 0.05) is 11.8 Å². The zero-order valence-corrected chi connectivity index (χ0v) is 10.1. The van der Waals surface area contributed by atoms with E-state index in [4.69, 9.17) is 10.00 Å². The highest BCUT2D eigenvalue weighted by Crippen LogP contribution is 2.23. The monoisotopic (exact) mass is 240 g/mol. The van der Waals surface area contributed by atoms with Gasteiger partial charge in [-0.05, 0) is 30.7 Å². The lowest BCUT2D eigenvalue weighted by Crippen LogP contribution is -1.96. The van der Waals surface area contributed by atoms with Crippen molar-refractivity contribution in [2.75, 3.05) is 12.4 Å². The van der Waals surface area contributed by atoms with Crippen LogP contribution in [0.2, 0.25) is 0 Å². The molecular formula is C13H12N4O. The molecule has 0 spiro atoms. The Morgan fingerprint density at radius 2 is 2.11 bits per heavy atom. The maximum absolute atomic E-state index is 8.76. The van der Waals surface area contributed by atoms with Crippen LogP contribution in [-0.2, 0) is 0 Å². The molecule has 0 saturated carbocycles. The summed E-state index contributed by atoms with van der Waals surface area (Å²) >= 11 is 0. The summed E-state index contributed by atoms with van der Waals surface area (Å²) in [7, 11) is 1.64. The molecule has 18 heavy (non-hydrogen) atoms. The van der Waals surface area contributed by atoms with E-state index in [0.29, 0.717) is 11.5 Å². The molecule has 2 aromatic rings. The number of hydrogen-bond donors (Lipinski definition) is 1. The lowest BCUT2D eigenvalue weighted by molar-refractivity contribution is 0.412. The summed E-state index contributed by atoms with van der Waals surface area (Å²) in [6.07, 6.45) is 1.36. The molecule has 1 aromatic carbocycles. The van der Waals surface area contributed by atoms with Crippen molar-refractivity contribution in [3.05, 3.63) is 41.9 Å². The van der Waals surface area contributed by atoms with Gasteiger partial charge < -0.3 is 10.1 Å². The average molecular weight is 240 g/mol. The van der Waals surface area contributed by atoms with Crippen LogP contribution in [0.15, 0.2) is 30.6 Å². The van der Waals surface area contributed by atoms with E-state index in [-0.39, 0.29) is 0 Å². The van der Waals surface area contributed by atoms with E-state index in [1.165, 1.54) is 6.33 Å². The van der Waals surface area contributed by atoms with Crippen LogP contribution in [0.1, 0.15) is 11.3 Å². The first-order valence-corrected chi connectivity index (χ1v) is 5.36. The number of benzene rings is 1. The predicted molar refractivity (Wildman–Crippen MR) is 67.8 cm³/mol. The molecule has 5 heteroatoms. The molecule has 90 valence electrons. The molecule has 2 rings (SSSR count). The highest BCUT2D eigenvalue weighted by atomic mass is 16.5. The van der Waals surface area contributed by atoms with Gasteiger partial charge in [-0.3, -0.25) is 0 Å². The van der Waals surface area contributed by atoms with Gasteiger partial charge in [0.2, 0.25) is 0 Å². The van der Waals surface area contributed by atoms with E-state index in [1.54, 1.807) is 13.2 Å². The van der Waals surface area contributed by atoms with E-state index < -0.39 is 0 Å². The molecule has 0 aliphatic rings. The van der Waals surface area contributed by atoms with Crippen molar-refractivity contribution in [2.24, 2.45) is 0 Å². The van der Waals surface area contributed by atoms with Crippen LogP contribution in [-0.4, -0.2) is 17.1 Å². The van der Waals surface area contributed by atoms with E-state index in [1.807, 2.05) is 31.2 Å². The van der Waals surface area contributed by atoms with Gasteiger partial charge in [-0.1, -0.05) is 0 Å². The van der Waals surface area contributed by atoms with Gasteiger partial charge in [0.15, 0.2) is 0 Å². The van der Waals surface area contributed by atoms with Gasteiger partial charge in [0.25, 0.3) is 0 Å². The molecule has 1 aromatic heterocycles. The third kappa shape index (κ3) is 2.55. The standard InChI is InChI=1S/C13H12N4O/c1-9-5-10(3-4-12(9)18-2)17-13-6-11(7-14)15-8-16-13/h3-6,8H,1-2H3,(H,15,16,17). The number of nitriles is 1. The van der Waals surface area contributed by atoms with Crippen LogP contribution in [0.25, 0.3) is 0 Å². The van der Waals surface area contributed by atoms with Crippen LogP contribution in [0.4, 0.5) is 11.5 Å². The van der Waals surface area contributed by atoms with Gasteiger partial charge in [-0.2, -0.15) is 5.26 Å². The van der Waals surface area contributed by atoms with Gasteiger partial charge in [-0.15, -0.1) is 0 Å². The summed E-state index contributed by atoms with van der Waals surface area (Å²) in [6, 6.07) is 9.29. The number of aromatic nitrogens is 2. The summed E-state index contributed by atoms with van der Waals surface area (Å²) in [5.41, 5.74) is 2.24. The quantitative estimate of drug-likeness (QED) is 0.892. The Hall–Kier alpha value is -2.61. The van der Waals surface area contributed by atoms with Crippen molar-refractivity contribution >= 4 is 11.5 Å². The Bertz CT molecular complexity index is 604. The Kier molecular flexibility index (Phi) is 3.39. The van der Waals surface area contributed by atoms with E-state index in [9.17, 15) is 0 Å². The number of nitrogens with one attached hydrogen (secondary N) is 1. The number of hydrogen-bond acceptors (Lipinski definition) is 5. The first-order valence-electron chi connectivity index (χ1n) is 5.36. The molecule has 0 aliphatic heterocycles. The van der Waals surface area contributed by atoms with Gasteiger partial charge in [0.05, 0.1) is 7.11 Å². The third-order valence-corrected chi connectivity index (χ3v) is 2.45. The minimum atomic E-state index is 0.331. The van der Waals surface area contributed by atoms with Crippen LogP contribution in [0.3, 0.4) is 0 Å². The van der Waals surface area contributed by atoms with Crippen molar-refractivity contribution in [3.63, 3.8) is 0 Å². The molecular weight excluding hydrogens is 228 g/mol. The molecule has 0 saturated heterocycles. The first kappa shape index (κ1) is 11.9. The number of nitrogens with zero attached hydrogens (tertiary/aromatic N) is 3. The number of aryl methyl sites for hydroxylation is 1. The summed E-state index contributed by atoms with van der Waals surface area (Å²) in [6.45, 7) is 1.96. The molecule has 0 radical (unpaired) electrons. The van der Waals surface area contributed by atoms with Crippen LogP contribution < -0.4 is 10.1 Å². The van der Waals surface area contributed by atoms with E-state index in [0.717, 1.165) is 17.0 Å². The van der Waals surface area contributed by atoms with Gasteiger partial charge >= 0.3 is 0 Å². The molecule has 0 unspecified atom stereocenters. The minimum Gasteiger partial charge on any atom is -0.496 e. The van der Waals surface area contributed by atoms with Crippen LogP contribution in [0.5, 0.6) is 5.75 Å². The highest BCUT2D eigenvalue weighted by Gasteiger charge is 2.02. The van der Waals surface area contributed by atoms with Crippen molar-refractivity contribution in [1.29, 1.82) is 5.26 Å². The average Bonchev–Trinajstić information content (AvgIpc) is 2.39. The van der Waals surface area contributed by atoms with Gasteiger partial charge in [-0.25, -0.2) is 9.97 Å². The van der Waals surface area contributed by atoms with Crippen molar-refractivity contribution < 1.29 is 4.74 Å². The Labute approximate surface area is 105 Å². The maximum atomic E-state index is 8.76. The van der Waals surface area contributed by atoms with Gasteiger partial charge in [0.1, 0.15) is 29.7 Å². The molecule has 1 heterocycles. The fourth-order valence-corrected chi connectivity index (χ4v) is 1.59. The Morgan fingerprint density at radius 3 is 2.78 bits per heavy atom. The second-order valence-electron chi connectivity index (χ2n) is 3.71. The summed E-state index contributed by atoms with van der Waals surface area (Å²) in [5, 5.41) is 11.9. The molecule has 1 N–H and O–H groups in total. The zero-order valence-electron chi connectivity index (χ0n) is 10.1. The SMILES string of the molecule is COc1ccc(Nc2cc(C#N)ncn2)cc1C. The summed E-state index contributed by atoms with van der Waals surface area (Å²) in [5.74, 6) is 1.42. The minimum absolute atomic E-state index is 0.331. The van der Waals surface area contributed by atoms with Crippen molar-refractivity contribution in [3.8, 4) is 11.8 Å². The van der Waals surface area contributed by atoms with E-state index >= 15 is 0 Å². The highest BCUT2D eigenvalue weighted by molar-refractivity contribution is 5.59. The maximum Gasteiger partial charge on any atom is 0.145 e. The Balaban J connectivity index is 2.23. The lowest BCUT2D eigenvalue weighted by Gasteiger charge is -2.09. The molecule has 0 bridgehead atoms. The molecule has 0 fully saturated rings. The van der Waals surface area contributed by atoms with Crippen molar-refractivity contribution in [2.45, 2.75) is 6.92 Å². The summed E-state index contributed by atoms with van der Waals surface area (Å²) in [4.78, 5) is 7.86. The summed E-state index contributed by atoms with van der Waals surface area (Å²) < 4.78 is 5.19. The second kappa shape index (κ2) is 5.15. The Morgan fingerprint density at radius 1 is 1.28 bits per heavy atom. The largest absolute Gasteiger partial charge is 0.496 e. The number of rotatable bonds is 3. The molecule has 0 aliphatic carbocycles. The predicted octanol–water partition coefficient (Wildman–Crippen LogP) is 2.41. The third-order valence-electron chi connectivity index (χ3n) is 2.45. The lowest BCUT2D eigenvalue weighted by atomic mass is 10.2. The van der Waals surface area contributed by atoms with E-state index in [2.05, 4.69) is 15.3 Å². The normalized spacial score (nSPS) is 9.61. The fourth-order valence-electron chi connectivity index (χ4n) is 1.59. The first-order chi connectivity index (χ1) is 8.72. The number of ether oxygens (including phenoxy) is 1. The van der Waals surface area contributed by atoms with Crippen LogP contribution >= 0.6 is 0 Å². The smallest absolute Gasteiger partial charge is 0.145 e. The van der Waals surface area contributed by atoms with Crippen molar-refractivity contribution in [1.82, 2.24) is 9.97 Å². The second-order valence-corrected chi connectivity index (χ2v) is 3.71. The molecule has 5 nitrogen and oxygen atoms in total. The fraction of sp³-hybridized carbons (Fsp3) is 0.154. The number of methoxy groups -OCH3 is 1. The zero-order chi connectivity index (χ0) is 13.0.